The lowest BCUT2D eigenvalue weighted by Gasteiger charge is -2.28. The molecule has 0 saturated heterocycles. The number of anilines is 1. The second-order valence-corrected chi connectivity index (χ2v) is 9.00. The second-order valence-electron chi connectivity index (χ2n) is 8.57. The number of methoxy groups -OCH3 is 2. The molecule has 1 N–H and O–H groups in total. The number of aryl methyl sites for hydroxylation is 1. The van der Waals surface area contributed by atoms with Crippen molar-refractivity contribution in [2.24, 2.45) is 0 Å². The van der Waals surface area contributed by atoms with E-state index in [0.717, 1.165) is 12.0 Å². The minimum Gasteiger partial charge on any atom is -0.503 e. The number of furan rings is 1. The van der Waals surface area contributed by atoms with Crippen molar-refractivity contribution in [3.8, 4) is 11.5 Å². The molecule has 7 nitrogen and oxygen atoms in total. The normalized spacial score (nSPS) is 15.5. The number of rotatable bonds is 7. The zero-order valence-corrected chi connectivity index (χ0v) is 21.2. The largest absolute Gasteiger partial charge is 0.503 e. The quantitative estimate of drug-likeness (QED) is 0.283. The Morgan fingerprint density at radius 2 is 1.73 bits per heavy atom. The van der Waals surface area contributed by atoms with Crippen molar-refractivity contribution in [2.75, 3.05) is 19.1 Å². The molecule has 2 heterocycles. The van der Waals surface area contributed by atoms with Crippen molar-refractivity contribution < 1.29 is 28.6 Å². The molecular weight excluding hydrogens is 494 g/mol. The highest BCUT2D eigenvalue weighted by atomic mass is 35.5. The first kappa shape index (κ1) is 24.5. The van der Waals surface area contributed by atoms with Crippen molar-refractivity contribution in [1.29, 1.82) is 0 Å². The van der Waals surface area contributed by atoms with Crippen molar-refractivity contribution in [1.82, 2.24) is 0 Å². The first-order valence-corrected chi connectivity index (χ1v) is 12.1. The molecule has 1 aliphatic heterocycles. The van der Waals surface area contributed by atoms with Crippen molar-refractivity contribution in [3.63, 3.8) is 0 Å². The highest BCUT2D eigenvalue weighted by Crippen LogP contribution is 2.45. The van der Waals surface area contributed by atoms with E-state index < -0.39 is 23.5 Å². The Morgan fingerprint density at radius 3 is 2.41 bits per heavy atom. The van der Waals surface area contributed by atoms with Crippen LogP contribution in [0, 0.1) is 0 Å². The van der Waals surface area contributed by atoms with Gasteiger partial charge in [0, 0.05) is 27.7 Å². The van der Waals surface area contributed by atoms with Crippen LogP contribution in [0.1, 0.15) is 34.6 Å². The van der Waals surface area contributed by atoms with E-state index in [1.165, 1.54) is 25.2 Å². The molecule has 1 amide bonds. The summed E-state index contributed by atoms with van der Waals surface area (Å²) in [5.74, 6) is -1.21. The van der Waals surface area contributed by atoms with Gasteiger partial charge in [0.25, 0.3) is 5.91 Å². The van der Waals surface area contributed by atoms with Crippen LogP contribution in [0.2, 0.25) is 5.02 Å². The number of carbonyl (C=O) groups is 2. The van der Waals surface area contributed by atoms with Crippen LogP contribution < -0.4 is 14.4 Å². The third kappa shape index (κ3) is 4.11. The fourth-order valence-corrected chi connectivity index (χ4v) is 4.88. The topological polar surface area (TPSA) is 89.2 Å². The number of fused-ring (bicyclic) bond motifs is 1. The summed E-state index contributed by atoms with van der Waals surface area (Å²) >= 11 is 6.18. The molecule has 0 bridgehead atoms. The molecule has 1 aromatic heterocycles. The number of aliphatic hydroxyl groups is 1. The molecule has 8 heteroatoms. The average molecular weight is 518 g/mol. The molecule has 1 atom stereocenters. The first-order valence-electron chi connectivity index (χ1n) is 11.7. The molecule has 0 aliphatic carbocycles. The van der Waals surface area contributed by atoms with E-state index in [1.54, 1.807) is 48.5 Å². The number of para-hydroxylation sites is 1. The lowest BCUT2D eigenvalue weighted by molar-refractivity contribution is -0.117. The van der Waals surface area contributed by atoms with E-state index in [9.17, 15) is 14.7 Å². The van der Waals surface area contributed by atoms with Gasteiger partial charge in [-0.25, -0.2) is 0 Å². The third-order valence-electron chi connectivity index (χ3n) is 6.50. The standard InChI is InChI=1S/C29H24ClNO6/c1-4-16-9-11-19(12-10-16)31-25(20-7-5-6-8-21(20)35-2)24(27(33)29(31)34)26(32)22-14-17-13-18(30)15-23(36-3)28(17)37-22/h5-15,25,33H,4H2,1-3H3. The molecule has 0 spiro atoms. The van der Waals surface area contributed by atoms with Gasteiger partial charge in [-0.15, -0.1) is 0 Å². The summed E-state index contributed by atoms with van der Waals surface area (Å²) in [5.41, 5.74) is 2.39. The monoisotopic (exact) mass is 517 g/mol. The summed E-state index contributed by atoms with van der Waals surface area (Å²) in [4.78, 5) is 28.8. The zero-order valence-electron chi connectivity index (χ0n) is 20.4. The number of amides is 1. The van der Waals surface area contributed by atoms with Gasteiger partial charge in [0.05, 0.1) is 25.8 Å². The van der Waals surface area contributed by atoms with Gasteiger partial charge < -0.3 is 19.0 Å². The van der Waals surface area contributed by atoms with Gasteiger partial charge >= 0.3 is 0 Å². The van der Waals surface area contributed by atoms with E-state index in [1.807, 2.05) is 19.1 Å². The van der Waals surface area contributed by atoms with Crippen LogP contribution in [0.5, 0.6) is 11.5 Å². The molecule has 3 aromatic carbocycles. The Morgan fingerprint density at radius 1 is 1.03 bits per heavy atom. The van der Waals surface area contributed by atoms with Crippen LogP contribution in [-0.2, 0) is 11.2 Å². The van der Waals surface area contributed by atoms with Gasteiger partial charge in [0.2, 0.25) is 5.78 Å². The van der Waals surface area contributed by atoms with Gasteiger partial charge in [-0.05, 0) is 42.3 Å². The first-order chi connectivity index (χ1) is 17.9. The van der Waals surface area contributed by atoms with E-state index in [-0.39, 0.29) is 11.3 Å². The van der Waals surface area contributed by atoms with E-state index in [2.05, 4.69) is 0 Å². The predicted octanol–water partition coefficient (Wildman–Crippen LogP) is 6.45. The molecule has 1 unspecified atom stereocenters. The molecule has 188 valence electrons. The summed E-state index contributed by atoms with van der Waals surface area (Å²) in [6.07, 6.45) is 0.830. The number of carbonyl (C=O) groups excluding carboxylic acids is 2. The Labute approximate surface area is 218 Å². The van der Waals surface area contributed by atoms with Gasteiger partial charge in [0.15, 0.2) is 22.9 Å². The predicted molar refractivity (Wildman–Crippen MR) is 141 cm³/mol. The maximum Gasteiger partial charge on any atom is 0.294 e. The lowest BCUT2D eigenvalue weighted by atomic mass is 9.94. The Kier molecular flexibility index (Phi) is 6.39. The SMILES string of the molecule is CCc1ccc(N2C(=O)C(O)=C(C(=O)c3cc4cc(Cl)cc(OC)c4o3)C2c2ccccc2OC)cc1. The number of hydrogen-bond donors (Lipinski definition) is 1. The van der Waals surface area contributed by atoms with Crippen molar-refractivity contribution in [2.45, 2.75) is 19.4 Å². The van der Waals surface area contributed by atoms with Crippen LogP contribution in [0.15, 0.2) is 82.5 Å². The minimum absolute atomic E-state index is 0.0620. The van der Waals surface area contributed by atoms with E-state index in [4.69, 9.17) is 25.5 Å². The smallest absolute Gasteiger partial charge is 0.294 e. The van der Waals surface area contributed by atoms with Crippen LogP contribution in [0.4, 0.5) is 5.69 Å². The van der Waals surface area contributed by atoms with Crippen LogP contribution >= 0.6 is 11.6 Å². The molecule has 5 rings (SSSR count). The molecular formula is C29H24ClNO6. The molecule has 0 fully saturated rings. The Balaban J connectivity index is 1.68. The van der Waals surface area contributed by atoms with Crippen LogP contribution in [0.3, 0.4) is 0 Å². The molecule has 0 saturated carbocycles. The Bertz CT molecular complexity index is 1550. The van der Waals surface area contributed by atoms with Crippen molar-refractivity contribution in [3.05, 3.63) is 100.0 Å². The number of ether oxygens (including phenoxy) is 2. The number of hydrogen-bond acceptors (Lipinski definition) is 6. The highest BCUT2D eigenvalue weighted by Gasteiger charge is 2.46. The molecule has 0 radical (unpaired) electrons. The van der Waals surface area contributed by atoms with Gasteiger partial charge in [-0.1, -0.05) is 48.9 Å². The highest BCUT2D eigenvalue weighted by molar-refractivity contribution is 6.31. The van der Waals surface area contributed by atoms with Crippen LogP contribution in [-0.4, -0.2) is 31.0 Å². The summed E-state index contributed by atoms with van der Waals surface area (Å²) in [6.45, 7) is 2.04. The fraction of sp³-hybridized carbons (Fsp3) is 0.172. The van der Waals surface area contributed by atoms with Gasteiger partial charge in [-0.2, -0.15) is 0 Å². The van der Waals surface area contributed by atoms with Crippen LogP contribution in [0.25, 0.3) is 11.0 Å². The maximum atomic E-state index is 13.9. The number of Topliss-reactive ketones (excluding diaryl/α,β-unsaturated/α-hetero) is 1. The average Bonchev–Trinajstić information content (AvgIpc) is 3.46. The van der Waals surface area contributed by atoms with E-state index in [0.29, 0.717) is 38.7 Å². The summed E-state index contributed by atoms with van der Waals surface area (Å²) in [6, 6.07) is 18.3. The van der Waals surface area contributed by atoms with E-state index >= 15 is 0 Å². The third-order valence-corrected chi connectivity index (χ3v) is 6.72. The Hall–Kier alpha value is -4.23. The second kappa shape index (κ2) is 9.67. The molecule has 37 heavy (non-hydrogen) atoms. The lowest BCUT2D eigenvalue weighted by Crippen LogP contribution is -2.31. The molecule has 1 aliphatic rings. The number of aliphatic hydroxyl groups excluding tert-OH is 1. The van der Waals surface area contributed by atoms with Gasteiger partial charge in [0.1, 0.15) is 5.75 Å². The number of benzene rings is 3. The van der Waals surface area contributed by atoms with Gasteiger partial charge in [-0.3, -0.25) is 14.5 Å². The zero-order chi connectivity index (χ0) is 26.3. The summed E-state index contributed by atoms with van der Waals surface area (Å²) in [5, 5.41) is 12.0. The van der Waals surface area contributed by atoms with Crippen molar-refractivity contribution >= 4 is 39.9 Å². The fourth-order valence-electron chi connectivity index (χ4n) is 4.66. The summed E-state index contributed by atoms with van der Waals surface area (Å²) in [7, 11) is 2.98. The minimum atomic E-state index is -0.956. The number of halogens is 1. The number of ketones is 1. The number of nitrogens with zero attached hydrogens (tertiary/aromatic N) is 1. The molecule has 4 aromatic rings. The maximum absolute atomic E-state index is 13.9. The summed E-state index contributed by atoms with van der Waals surface area (Å²) < 4.78 is 16.8.